The minimum absolute atomic E-state index is 0.0145. The smallest absolute Gasteiger partial charge is 0.240 e. The van der Waals surface area contributed by atoms with Gasteiger partial charge in [-0.1, -0.05) is 18.2 Å². The fourth-order valence-corrected chi connectivity index (χ4v) is 4.20. The van der Waals surface area contributed by atoms with E-state index in [2.05, 4.69) is 20.7 Å². The molecule has 1 aliphatic rings. The first-order valence-corrected chi connectivity index (χ1v) is 9.28. The summed E-state index contributed by atoms with van der Waals surface area (Å²) in [5, 5.41) is 0. The Morgan fingerprint density at radius 2 is 1.83 bits per heavy atom. The predicted molar refractivity (Wildman–Crippen MR) is 91.0 cm³/mol. The van der Waals surface area contributed by atoms with Crippen molar-refractivity contribution >= 4 is 15.7 Å². The van der Waals surface area contributed by atoms with Gasteiger partial charge in [-0.15, -0.1) is 0 Å². The molecule has 1 aromatic heterocycles. The maximum atomic E-state index is 12.4. The van der Waals surface area contributed by atoms with Gasteiger partial charge >= 0.3 is 0 Å². The van der Waals surface area contributed by atoms with Gasteiger partial charge in [0.2, 0.25) is 10.0 Å². The van der Waals surface area contributed by atoms with E-state index in [0.717, 1.165) is 37.3 Å². The maximum Gasteiger partial charge on any atom is 0.240 e. The third-order valence-corrected chi connectivity index (χ3v) is 5.65. The van der Waals surface area contributed by atoms with Gasteiger partial charge in [0.25, 0.3) is 0 Å². The van der Waals surface area contributed by atoms with Crippen molar-refractivity contribution in [2.45, 2.75) is 30.7 Å². The van der Waals surface area contributed by atoms with Gasteiger partial charge in [-0.3, -0.25) is 4.98 Å². The number of sulfonamides is 1. The summed E-state index contributed by atoms with van der Waals surface area (Å²) in [6.45, 7) is 3.65. The molecule has 0 aliphatic carbocycles. The number of aryl methyl sites for hydroxylation is 1. The Bertz CT molecular complexity index is 754. The van der Waals surface area contributed by atoms with Crippen molar-refractivity contribution in [3.8, 4) is 0 Å². The van der Waals surface area contributed by atoms with E-state index in [0.29, 0.717) is 4.90 Å². The van der Waals surface area contributed by atoms with Crippen LogP contribution in [0.15, 0.2) is 53.6 Å². The third-order valence-electron chi connectivity index (χ3n) is 4.12. The van der Waals surface area contributed by atoms with Crippen LogP contribution >= 0.6 is 0 Å². The molecule has 0 radical (unpaired) electrons. The first-order chi connectivity index (χ1) is 11.0. The highest BCUT2D eigenvalue weighted by Crippen LogP contribution is 2.21. The van der Waals surface area contributed by atoms with Gasteiger partial charge in [0, 0.05) is 36.7 Å². The fraction of sp³-hybridized carbons (Fsp3) is 0.353. The van der Waals surface area contributed by atoms with Crippen molar-refractivity contribution in [2.24, 2.45) is 0 Å². The van der Waals surface area contributed by atoms with Crippen LogP contribution in [0.5, 0.6) is 0 Å². The van der Waals surface area contributed by atoms with Crippen molar-refractivity contribution in [1.29, 1.82) is 0 Å². The summed E-state index contributed by atoms with van der Waals surface area (Å²) >= 11 is 0. The molecule has 1 N–H and O–H groups in total. The summed E-state index contributed by atoms with van der Waals surface area (Å²) in [6, 6.07) is 12.6. The highest BCUT2D eigenvalue weighted by molar-refractivity contribution is 7.89. The highest BCUT2D eigenvalue weighted by Gasteiger charge is 2.24. The summed E-state index contributed by atoms with van der Waals surface area (Å²) in [7, 11) is -3.43. The van der Waals surface area contributed by atoms with Crippen LogP contribution in [0, 0.1) is 6.92 Å². The Morgan fingerprint density at radius 1 is 1.13 bits per heavy atom. The Hall–Kier alpha value is -1.92. The Labute approximate surface area is 137 Å². The molecule has 5 nitrogen and oxygen atoms in total. The van der Waals surface area contributed by atoms with Gasteiger partial charge < -0.3 is 4.90 Å². The lowest BCUT2D eigenvalue weighted by molar-refractivity contribution is 0.460. The predicted octanol–water partition coefficient (Wildman–Crippen LogP) is 2.34. The van der Waals surface area contributed by atoms with Crippen LogP contribution in [-0.2, 0) is 10.0 Å². The van der Waals surface area contributed by atoms with Crippen LogP contribution < -0.4 is 9.62 Å². The van der Waals surface area contributed by atoms with E-state index in [-0.39, 0.29) is 6.04 Å². The lowest BCUT2D eigenvalue weighted by Gasteiger charge is -2.33. The average molecular weight is 331 g/mol. The number of nitrogens with one attached hydrogen (secondary N) is 1. The third kappa shape index (κ3) is 3.89. The van der Waals surface area contributed by atoms with Gasteiger partial charge in [-0.25, -0.2) is 13.1 Å². The van der Waals surface area contributed by atoms with Crippen LogP contribution in [0.25, 0.3) is 0 Å². The molecule has 1 aliphatic heterocycles. The SMILES string of the molecule is Cc1cc(N2CCC(NS(=O)(=O)c3ccccc3)CC2)ccn1. The van der Waals surface area contributed by atoms with Gasteiger partial charge in [0.15, 0.2) is 0 Å². The second-order valence-corrected chi connectivity index (χ2v) is 7.57. The summed E-state index contributed by atoms with van der Waals surface area (Å²) < 4.78 is 27.6. The quantitative estimate of drug-likeness (QED) is 0.934. The van der Waals surface area contributed by atoms with Crippen molar-refractivity contribution in [2.75, 3.05) is 18.0 Å². The number of nitrogens with zero attached hydrogens (tertiary/aromatic N) is 2. The molecule has 6 heteroatoms. The van der Waals surface area contributed by atoms with Crippen LogP contribution in [0.2, 0.25) is 0 Å². The Morgan fingerprint density at radius 3 is 2.48 bits per heavy atom. The Balaban J connectivity index is 1.61. The molecule has 1 fully saturated rings. The fourth-order valence-electron chi connectivity index (χ4n) is 2.87. The van der Waals surface area contributed by atoms with E-state index < -0.39 is 10.0 Å². The van der Waals surface area contributed by atoms with Crippen molar-refractivity contribution in [1.82, 2.24) is 9.71 Å². The van der Waals surface area contributed by atoms with Crippen LogP contribution in [-0.4, -0.2) is 32.5 Å². The van der Waals surface area contributed by atoms with E-state index in [4.69, 9.17) is 0 Å². The lowest BCUT2D eigenvalue weighted by Crippen LogP contribution is -2.44. The normalized spacial score (nSPS) is 16.5. The standard InChI is InChI=1S/C17H21N3O2S/c1-14-13-16(7-10-18-14)20-11-8-15(9-12-20)19-23(21,22)17-5-3-2-4-6-17/h2-7,10,13,15,19H,8-9,11-12H2,1H3. The summed E-state index contributed by atoms with van der Waals surface area (Å²) in [5.74, 6) is 0. The monoisotopic (exact) mass is 331 g/mol. The molecule has 0 amide bonds. The number of rotatable bonds is 4. The molecule has 23 heavy (non-hydrogen) atoms. The number of pyridine rings is 1. The molecule has 0 saturated carbocycles. The zero-order chi connectivity index (χ0) is 16.3. The molecule has 0 atom stereocenters. The van der Waals surface area contributed by atoms with E-state index in [1.54, 1.807) is 24.3 Å². The molecule has 122 valence electrons. The molecular weight excluding hydrogens is 310 g/mol. The molecule has 2 aromatic rings. The van der Waals surface area contributed by atoms with E-state index in [1.165, 1.54) is 0 Å². The number of piperidine rings is 1. The Kier molecular flexibility index (Phi) is 4.63. The van der Waals surface area contributed by atoms with E-state index in [1.807, 2.05) is 25.3 Å². The second kappa shape index (κ2) is 6.68. The van der Waals surface area contributed by atoms with Crippen LogP contribution in [0.3, 0.4) is 0 Å². The topological polar surface area (TPSA) is 62.3 Å². The van der Waals surface area contributed by atoms with Gasteiger partial charge in [-0.05, 0) is 44.0 Å². The van der Waals surface area contributed by atoms with E-state index >= 15 is 0 Å². The number of hydrogen-bond donors (Lipinski definition) is 1. The summed E-state index contributed by atoms with van der Waals surface area (Å²) in [6.07, 6.45) is 3.41. The first-order valence-electron chi connectivity index (χ1n) is 7.79. The van der Waals surface area contributed by atoms with Crippen molar-refractivity contribution < 1.29 is 8.42 Å². The minimum atomic E-state index is -3.43. The molecule has 1 saturated heterocycles. The number of hydrogen-bond acceptors (Lipinski definition) is 4. The largest absolute Gasteiger partial charge is 0.371 e. The molecule has 2 heterocycles. The second-order valence-electron chi connectivity index (χ2n) is 5.85. The minimum Gasteiger partial charge on any atom is -0.371 e. The van der Waals surface area contributed by atoms with Gasteiger partial charge in [0.1, 0.15) is 0 Å². The van der Waals surface area contributed by atoms with Crippen molar-refractivity contribution in [3.05, 3.63) is 54.4 Å². The van der Waals surface area contributed by atoms with Crippen LogP contribution in [0.4, 0.5) is 5.69 Å². The molecule has 3 rings (SSSR count). The van der Waals surface area contributed by atoms with Gasteiger partial charge in [0.05, 0.1) is 4.90 Å². The molecule has 0 spiro atoms. The number of benzene rings is 1. The van der Waals surface area contributed by atoms with Crippen LogP contribution in [0.1, 0.15) is 18.5 Å². The van der Waals surface area contributed by atoms with Gasteiger partial charge in [-0.2, -0.15) is 0 Å². The molecule has 0 bridgehead atoms. The highest BCUT2D eigenvalue weighted by atomic mass is 32.2. The number of aromatic nitrogens is 1. The maximum absolute atomic E-state index is 12.4. The summed E-state index contributed by atoms with van der Waals surface area (Å²) in [5.41, 5.74) is 2.15. The molecule has 1 aromatic carbocycles. The average Bonchev–Trinajstić information content (AvgIpc) is 2.56. The zero-order valence-electron chi connectivity index (χ0n) is 13.1. The molecule has 0 unspecified atom stereocenters. The first kappa shape index (κ1) is 16.0. The number of anilines is 1. The van der Waals surface area contributed by atoms with Crippen molar-refractivity contribution in [3.63, 3.8) is 0 Å². The van der Waals surface area contributed by atoms with E-state index in [9.17, 15) is 8.42 Å². The molecular formula is C17H21N3O2S. The zero-order valence-corrected chi connectivity index (χ0v) is 14.0. The summed E-state index contributed by atoms with van der Waals surface area (Å²) in [4.78, 5) is 6.82. The lowest BCUT2D eigenvalue weighted by atomic mass is 10.1.